The van der Waals surface area contributed by atoms with E-state index in [0.717, 1.165) is 20.2 Å². The molecule has 0 N–H and O–H groups in total. The van der Waals surface area contributed by atoms with Gasteiger partial charge >= 0.3 is 0 Å². The summed E-state index contributed by atoms with van der Waals surface area (Å²) >= 11 is 6.23. The Morgan fingerprint density at radius 3 is 2.95 bits per heavy atom. The molecule has 1 aromatic rings. The molecule has 2 aliphatic heterocycles. The first-order valence-corrected chi connectivity index (χ1v) is 8.51. The van der Waals surface area contributed by atoms with Gasteiger partial charge in [0.2, 0.25) is 11.9 Å². The molecule has 0 radical (unpaired) electrons. The Labute approximate surface area is 133 Å². The molecular formula is C13H10BrNO3S2. The van der Waals surface area contributed by atoms with E-state index in [1.807, 2.05) is 19.1 Å². The van der Waals surface area contributed by atoms with Gasteiger partial charge in [-0.2, -0.15) is 0 Å². The average Bonchev–Trinajstić information content (AvgIpc) is 2.98. The van der Waals surface area contributed by atoms with Crippen LogP contribution in [0.3, 0.4) is 0 Å². The van der Waals surface area contributed by atoms with Crippen LogP contribution in [0.2, 0.25) is 0 Å². The van der Waals surface area contributed by atoms with E-state index in [9.17, 15) is 4.79 Å². The van der Waals surface area contributed by atoms with Crippen molar-refractivity contribution in [3.05, 3.63) is 27.9 Å². The van der Waals surface area contributed by atoms with E-state index in [4.69, 9.17) is 9.47 Å². The van der Waals surface area contributed by atoms with Crippen LogP contribution >= 0.6 is 39.5 Å². The minimum atomic E-state index is -0.0227. The molecule has 1 aromatic carbocycles. The Morgan fingerprint density at radius 2 is 2.20 bits per heavy atom. The van der Waals surface area contributed by atoms with Crippen LogP contribution in [0.15, 0.2) is 27.3 Å². The second-order valence-electron chi connectivity index (χ2n) is 3.96. The predicted octanol–water partition coefficient (Wildman–Crippen LogP) is 3.90. The van der Waals surface area contributed by atoms with E-state index >= 15 is 0 Å². The number of carbonyl (C=O) groups is 1. The molecule has 2 heterocycles. The molecule has 20 heavy (non-hydrogen) atoms. The van der Waals surface area contributed by atoms with Crippen LogP contribution in [-0.2, 0) is 4.79 Å². The number of nitrogens with zero attached hydrogens (tertiary/aromatic N) is 1. The van der Waals surface area contributed by atoms with Crippen LogP contribution in [0.4, 0.5) is 0 Å². The fourth-order valence-electron chi connectivity index (χ4n) is 1.77. The molecule has 0 aliphatic carbocycles. The van der Waals surface area contributed by atoms with Gasteiger partial charge in [-0.3, -0.25) is 4.79 Å². The number of aliphatic imine (C=N–C) groups is 1. The number of rotatable bonds is 2. The minimum absolute atomic E-state index is 0.0227. The first-order chi connectivity index (χ1) is 9.67. The Morgan fingerprint density at radius 1 is 1.45 bits per heavy atom. The van der Waals surface area contributed by atoms with Crippen molar-refractivity contribution in [2.24, 2.45) is 4.99 Å². The van der Waals surface area contributed by atoms with Gasteiger partial charge < -0.3 is 9.47 Å². The zero-order valence-corrected chi connectivity index (χ0v) is 13.7. The van der Waals surface area contributed by atoms with E-state index in [-0.39, 0.29) is 11.9 Å². The maximum absolute atomic E-state index is 11.9. The third kappa shape index (κ3) is 2.75. The summed E-state index contributed by atoms with van der Waals surface area (Å²) < 4.78 is 12.3. The molecule has 0 saturated heterocycles. The molecular weight excluding hydrogens is 362 g/mol. The highest BCUT2D eigenvalue weighted by atomic mass is 79.9. The van der Waals surface area contributed by atoms with Crippen LogP contribution in [0.5, 0.6) is 11.5 Å². The maximum Gasteiger partial charge on any atom is 0.244 e. The lowest BCUT2D eigenvalue weighted by Crippen LogP contribution is -1.92. The van der Waals surface area contributed by atoms with Crippen molar-refractivity contribution < 1.29 is 14.3 Å². The van der Waals surface area contributed by atoms with Gasteiger partial charge in [0.15, 0.2) is 11.5 Å². The van der Waals surface area contributed by atoms with Gasteiger partial charge in [0, 0.05) is 4.47 Å². The minimum Gasteiger partial charge on any atom is -0.454 e. The zero-order valence-electron chi connectivity index (χ0n) is 10.5. The summed E-state index contributed by atoms with van der Waals surface area (Å²) in [7, 11) is 0. The van der Waals surface area contributed by atoms with Gasteiger partial charge in [-0.05, 0) is 41.3 Å². The highest BCUT2D eigenvalue weighted by molar-refractivity contribution is 9.10. The number of hydrogen-bond donors (Lipinski definition) is 0. The highest BCUT2D eigenvalue weighted by Gasteiger charge is 2.23. The normalized spacial score (nSPS) is 18.8. The van der Waals surface area contributed by atoms with Crippen molar-refractivity contribution in [1.29, 1.82) is 0 Å². The van der Waals surface area contributed by atoms with Gasteiger partial charge in [0.05, 0.1) is 0 Å². The monoisotopic (exact) mass is 371 g/mol. The fraction of sp³-hybridized carbons (Fsp3) is 0.231. The first-order valence-electron chi connectivity index (χ1n) is 5.92. The Kier molecular flexibility index (Phi) is 4.09. The molecule has 104 valence electrons. The van der Waals surface area contributed by atoms with Crippen LogP contribution < -0.4 is 9.47 Å². The second-order valence-corrected chi connectivity index (χ2v) is 7.28. The molecule has 0 spiro atoms. The molecule has 7 heteroatoms. The number of hydrogen-bond acceptors (Lipinski definition) is 6. The van der Waals surface area contributed by atoms with Gasteiger partial charge in [-0.1, -0.05) is 34.6 Å². The van der Waals surface area contributed by atoms with Crippen molar-refractivity contribution in [3.63, 3.8) is 0 Å². The van der Waals surface area contributed by atoms with Crippen LogP contribution in [0.25, 0.3) is 6.08 Å². The lowest BCUT2D eigenvalue weighted by Gasteiger charge is -2.02. The van der Waals surface area contributed by atoms with E-state index in [0.29, 0.717) is 17.2 Å². The van der Waals surface area contributed by atoms with Gasteiger partial charge in [-0.25, -0.2) is 4.99 Å². The van der Waals surface area contributed by atoms with Gasteiger partial charge in [0.25, 0.3) is 0 Å². The summed E-state index contributed by atoms with van der Waals surface area (Å²) in [6.07, 6.45) is 1.77. The van der Waals surface area contributed by atoms with Crippen LogP contribution in [0.1, 0.15) is 12.5 Å². The lowest BCUT2D eigenvalue weighted by atomic mass is 10.1. The molecule has 0 unspecified atom stereocenters. The molecule has 0 amide bonds. The Balaban J connectivity index is 1.94. The average molecular weight is 372 g/mol. The molecule has 0 aromatic heterocycles. The van der Waals surface area contributed by atoms with Crippen LogP contribution in [0, 0.1) is 0 Å². The number of halogens is 1. The molecule has 0 fully saturated rings. The van der Waals surface area contributed by atoms with E-state index in [2.05, 4.69) is 20.9 Å². The highest BCUT2D eigenvalue weighted by Crippen LogP contribution is 2.39. The van der Waals surface area contributed by atoms with E-state index < -0.39 is 0 Å². The number of fused-ring (bicyclic) bond motifs is 1. The third-order valence-electron chi connectivity index (χ3n) is 2.65. The van der Waals surface area contributed by atoms with Crippen molar-refractivity contribution in [1.82, 2.24) is 0 Å². The lowest BCUT2D eigenvalue weighted by molar-refractivity contribution is -0.107. The smallest absolute Gasteiger partial charge is 0.244 e. The number of thioether (sulfide) groups is 2. The maximum atomic E-state index is 11.9. The SMILES string of the molecule is CCSC1=N/C(=C\c2cc3c(cc2Br)OCO3)C(=O)S1. The molecule has 0 bridgehead atoms. The summed E-state index contributed by atoms with van der Waals surface area (Å²) in [6, 6.07) is 3.69. The number of ether oxygens (including phenoxy) is 2. The number of carbonyl (C=O) groups excluding carboxylic acids is 1. The summed E-state index contributed by atoms with van der Waals surface area (Å²) in [6.45, 7) is 2.26. The van der Waals surface area contributed by atoms with Gasteiger partial charge in [0.1, 0.15) is 10.1 Å². The summed E-state index contributed by atoms with van der Waals surface area (Å²) in [5, 5.41) is -0.0227. The van der Waals surface area contributed by atoms with Gasteiger partial charge in [-0.15, -0.1) is 0 Å². The third-order valence-corrected chi connectivity index (χ3v) is 5.23. The molecule has 4 nitrogen and oxygen atoms in total. The fourth-order valence-corrected chi connectivity index (χ4v) is 3.94. The molecule has 0 atom stereocenters. The van der Waals surface area contributed by atoms with Crippen molar-refractivity contribution in [2.45, 2.75) is 6.92 Å². The summed E-state index contributed by atoms with van der Waals surface area (Å²) in [4.78, 5) is 16.3. The zero-order chi connectivity index (χ0) is 14.1. The summed E-state index contributed by atoms with van der Waals surface area (Å²) in [5.41, 5.74) is 1.32. The van der Waals surface area contributed by atoms with Crippen LogP contribution in [-0.4, -0.2) is 22.0 Å². The topological polar surface area (TPSA) is 47.9 Å². The second kappa shape index (κ2) is 5.83. The molecule has 0 saturated carbocycles. The van der Waals surface area contributed by atoms with Crippen molar-refractivity contribution in [3.8, 4) is 11.5 Å². The molecule has 2 aliphatic rings. The Bertz CT molecular complexity index is 643. The van der Waals surface area contributed by atoms with Crippen molar-refractivity contribution >= 4 is 55.0 Å². The Hall–Kier alpha value is -0.920. The quantitative estimate of drug-likeness (QED) is 0.737. The summed E-state index contributed by atoms with van der Waals surface area (Å²) in [5.74, 6) is 2.29. The van der Waals surface area contributed by atoms with E-state index in [1.165, 1.54) is 11.8 Å². The molecule has 3 rings (SSSR count). The number of benzene rings is 1. The van der Waals surface area contributed by atoms with Crippen molar-refractivity contribution in [2.75, 3.05) is 12.5 Å². The largest absolute Gasteiger partial charge is 0.454 e. The standard InChI is InChI=1S/C13H10BrNO3S2/c1-2-19-13-15-9(12(16)20-13)3-7-4-10-11(5-8(7)14)18-6-17-10/h3-5H,2,6H2,1H3/b9-3-. The van der Waals surface area contributed by atoms with E-state index in [1.54, 1.807) is 17.8 Å². The first kappa shape index (κ1) is 14.0. The predicted molar refractivity (Wildman–Crippen MR) is 86.4 cm³/mol.